The van der Waals surface area contributed by atoms with Crippen molar-refractivity contribution in [3.63, 3.8) is 0 Å². The number of primary amides is 1. The summed E-state index contributed by atoms with van der Waals surface area (Å²) in [5, 5.41) is 7.23. The summed E-state index contributed by atoms with van der Waals surface area (Å²) < 4.78 is 11.4. The molecule has 1 rings (SSSR count). The molecule has 0 saturated heterocycles. The Hall–Kier alpha value is -2.29. The summed E-state index contributed by atoms with van der Waals surface area (Å²) in [6.45, 7) is 2.01. The van der Waals surface area contributed by atoms with E-state index in [0.29, 0.717) is 28.1 Å². The third-order valence-corrected chi connectivity index (χ3v) is 2.79. The molecule has 1 aromatic rings. The number of hydrogen-bond donors (Lipinski definition) is 3. The van der Waals surface area contributed by atoms with Gasteiger partial charge in [0.25, 0.3) is 5.91 Å². The molecule has 0 fully saturated rings. The molecule has 0 aliphatic heterocycles. The zero-order valence-corrected chi connectivity index (χ0v) is 13.0. The van der Waals surface area contributed by atoms with Crippen LogP contribution in [-0.2, 0) is 4.79 Å². The van der Waals surface area contributed by atoms with Crippen molar-refractivity contribution in [3.05, 3.63) is 22.2 Å². The predicted molar refractivity (Wildman–Crippen MR) is 83.4 cm³/mol. The van der Waals surface area contributed by atoms with Gasteiger partial charge in [-0.1, -0.05) is 0 Å². The van der Waals surface area contributed by atoms with Crippen molar-refractivity contribution >= 4 is 34.0 Å². The maximum atomic E-state index is 10.8. The highest BCUT2D eigenvalue weighted by molar-refractivity contribution is 9.10. The first kappa shape index (κ1) is 16.8. The topological polar surface area (TPSA) is 138 Å². The van der Waals surface area contributed by atoms with Gasteiger partial charge in [0.2, 0.25) is 5.96 Å². The molecule has 0 spiro atoms. The molecule has 8 nitrogen and oxygen atoms in total. The third kappa shape index (κ3) is 5.69. The van der Waals surface area contributed by atoms with Crippen molar-refractivity contribution in [2.24, 2.45) is 27.4 Å². The molecule has 0 heterocycles. The van der Waals surface area contributed by atoms with Crippen LogP contribution in [0.1, 0.15) is 12.5 Å². The number of guanidine groups is 1. The van der Waals surface area contributed by atoms with Crippen molar-refractivity contribution in [2.75, 3.05) is 13.2 Å². The number of hydrogen-bond acceptors (Lipinski definition) is 5. The van der Waals surface area contributed by atoms with E-state index < -0.39 is 5.91 Å². The first-order valence-electron chi connectivity index (χ1n) is 5.93. The highest BCUT2D eigenvalue weighted by atomic mass is 79.9. The molecule has 9 heteroatoms. The molecule has 0 aliphatic rings. The molecule has 0 atom stereocenters. The number of halogens is 1. The molecule has 0 aliphatic carbocycles. The molecule has 0 aromatic heterocycles. The number of amides is 1. The van der Waals surface area contributed by atoms with Crippen LogP contribution in [0.2, 0.25) is 0 Å². The smallest absolute Gasteiger partial charge is 0.255 e. The summed E-state index contributed by atoms with van der Waals surface area (Å²) in [4.78, 5) is 10.8. The summed E-state index contributed by atoms with van der Waals surface area (Å²) in [6, 6.07) is 3.32. The van der Waals surface area contributed by atoms with E-state index in [1.807, 2.05) is 6.92 Å². The molecule has 0 unspecified atom stereocenters. The van der Waals surface area contributed by atoms with Crippen molar-refractivity contribution < 1.29 is 14.3 Å². The van der Waals surface area contributed by atoms with Gasteiger partial charge in [0.1, 0.15) is 0 Å². The fourth-order valence-corrected chi connectivity index (χ4v) is 1.76. The van der Waals surface area contributed by atoms with Crippen LogP contribution < -0.4 is 26.7 Å². The van der Waals surface area contributed by atoms with Crippen molar-refractivity contribution in [3.8, 4) is 11.5 Å². The quantitative estimate of drug-likeness (QED) is 0.366. The van der Waals surface area contributed by atoms with Gasteiger partial charge in [0, 0.05) is 10.0 Å². The van der Waals surface area contributed by atoms with Gasteiger partial charge < -0.3 is 26.7 Å². The van der Waals surface area contributed by atoms with Crippen LogP contribution in [0.5, 0.6) is 11.5 Å². The second-order valence-electron chi connectivity index (χ2n) is 3.78. The number of rotatable bonds is 7. The number of carbonyl (C=O) groups is 1. The van der Waals surface area contributed by atoms with Gasteiger partial charge in [0.05, 0.1) is 12.8 Å². The molecule has 1 aromatic carbocycles. The second-order valence-corrected chi connectivity index (χ2v) is 4.63. The predicted octanol–water partition coefficient (Wildman–Crippen LogP) is 0.319. The number of nitrogens with two attached hydrogens (primary N) is 3. The Morgan fingerprint density at radius 1 is 1.29 bits per heavy atom. The Bertz CT molecular complexity index is 570. The number of nitrogens with zero attached hydrogens (tertiary/aromatic N) is 2. The summed E-state index contributed by atoms with van der Waals surface area (Å²) in [6.07, 6.45) is 1.45. The van der Waals surface area contributed by atoms with Crippen LogP contribution >= 0.6 is 15.9 Å². The average Bonchev–Trinajstić information content (AvgIpc) is 2.40. The summed E-state index contributed by atoms with van der Waals surface area (Å²) in [5.41, 5.74) is 16.1. The number of benzene rings is 1. The molecule has 1 amide bonds. The minimum absolute atomic E-state index is 0.145. The van der Waals surface area contributed by atoms with Crippen LogP contribution in [0.15, 0.2) is 26.8 Å². The molecular formula is C12H16BrN5O3. The van der Waals surface area contributed by atoms with E-state index >= 15 is 0 Å². The molecule has 0 saturated carbocycles. The summed E-state index contributed by atoms with van der Waals surface area (Å²) in [7, 11) is 0. The van der Waals surface area contributed by atoms with Gasteiger partial charge in [0.15, 0.2) is 18.1 Å². The maximum Gasteiger partial charge on any atom is 0.255 e. The van der Waals surface area contributed by atoms with E-state index in [4.69, 9.17) is 26.7 Å². The van der Waals surface area contributed by atoms with E-state index in [0.717, 1.165) is 0 Å². The molecule has 21 heavy (non-hydrogen) atoms. The third-order valence-electron chi connectivity index (χ3n) is 2.10. The van der Waals surface area contributed by atoms with Gasteiger partial charge in [-0.25, -0.2) is 0 Å². The van der Waals surface area contributed by atoms with Crippen molar-refractivity contribution in [2.45, 2.75) is 6.92 Å². The molecule has 0 bridgehead atoms. The molecule has 114 valence electrons. The van der Waals surface area contributed by atoms with Crippen LogP contribution in [0.3, 0.4) is 0 Å². The van der Waals surface area contributed by atoms with Gasteiger partial charge in [-0.2, -0.15) is 5.10 Å². The highest BCUT2D eigenvalue weighted by Crippen LogP contribution is 2.33. The Morgan fingerprint density at radius 3 is 2.52 bits per heavy atom. The monoisotopic (exact) mass is 357 g/mol. The van der Waals surface area contributed by atoms with E-state index in [2.05, 4.69) is 26.1 Å². The normalized spacial score (nSPS) is 10.4. The number of carbonyl (C=O) groups excluding carboxylic acids is 1. The zero-order valence-electron chi connectivity index (χ0n) is 11.4. The van der Waals surface area contributed by atoms with Crippen LogP contribution in [0, 0.1) is 0 Å². The minimum atomic E-state index is -0.577. The first-order valence-corrected chi connectivity index (χ1v) is 6.72. The lowest BCUT2D eigenvalue weighted by Crippen LogP contribution is -2.21. The fraction of sp³-hybridized carbons (Fsp3) is 0.250. The SMILES string of the molecule is CCOc1cc(C=NN=C(N)N)c(Br)cc1OCC(N)=O. The fourth-order valence-electron chi connectivity index (χ4n) is 1.34. The van der Waals surface area contributed by atoms with Gasteiger partial charge in [-0.15, -0.1) is 5.10 Å². The Morgan fingerprint density at radius 2 is 1.95 bits per heavy atom. The van der Waals surface area contributed by atoms with Crippen molar-refractivity contribution in [1.82, 2.24) is 0 Å². The summed E-state index contributed by atoms with van der Waals surface area (Å²) >= 11 is 3.35. The lowest BCUT2D eigenvalue weighted by Gasteiger charge is -2.12. The van der Waals surface area contributed by atoms with E-state index in [1.54, 1.807) is 12.1 Å². The lowest BCUT2D eigenvalue weighted by atomic mass is 10.2. The van der Waals surface area contributed by atoms with E-state index in [1.165, 1.54) is 6.21 Å². The second kappa shape index (κ2) is 8.10. The largest absolute Gasteiger partial charge is 0.490 e. The zero-order chi connectivity index (χ0) is 15.8. The molecule has 6 N–H and O–H groups in total. The number of ether oxygens (including phenoxy) is 2. The van der Waals surface area contributed by atoms with E-state index in [-0.39, 0.29) is 12.6 Å². The lowest BCUT2D eigenvalue weighted by molar-refractivity contribution is -0.119. The minimum Gasteiger partial charge on any atom is -0.490 e. The molecule has 0 radical (unpaired) electrons. The van der Waals surface area contributed by atoms with Crippen molar-refractivity contribution in [1.29, 1.82) is 0 Å². The molecular weight excluding hydrogens is 342 g/mol. The Labute approximate surface area is 130 Å². The Kier molecular flexibility index (Phi) is 6.47. The van der Waals surface area contributed by atoms with Crippen LogP contribution in [0.4, 0.5) is 0 Å². The van der Waals surface area contributed by atoms with E-state index in [9.17, 15) is 4.79 Å². The van der Waals surface area contributed by atoms with Gasteiger partial charge in [-0.05, 0) is 35.0 Å². The van der Waals surface area contributed by atoms with Crippen LogP contribution in [0.25, 0.3) is 0 Å². The highest BCUT2D eigenvalue weighted by Gasteiger charge is 2.11. The maximum absolute atomic E-state index is 10.8. The average molecular weight is 358 g/mol. The summed E-state index contributed by atoms with van der Waals surface area (Å²) in [5.74, 6) is 0.121. The standard InChI is InChI=1S/C12H16BrN5O3/c1-2-20-9-3-7(5-17-18-12(15)16)8(13)4-10(9)21-6-11(14)19/h3-5H,2,6H2,1H3,(H2,14,19)(H4,15,16,18). The first-order chi connectivity index (χ1) is 9.93. The van der Waals surface area contributed by atoms with Gasteiger partial charge >= 0.3 is 0 Å². The van der Waals surface area contributed by atoms with Crippen LogP contribution in [-0.4, -0.2) is 31.3 Å². The Balaban J connectivity index is 3.07. The van der Waals surface area contributed by atoms with Gasteiger partial charge in [-0.3, -0.25) is 4.79 Å².